The molecule has 2 aromatic carbocycles. The molecule has 0 amide bonds. The van der Waals surface area contributed by atoms with E-state index in [2.05, 4.69) is 40.4 Å². The van der Waals surface area contributed by atoms with Gasteiger partial charge >= 0.3 is 0 Å². The molecule has 0 heterocycles. The highest BCUT2D eigenvalue weighted by atomic mass is 31.0. The topological polar surface area (TPSA) is 0 Å². The molecule has 0 saturated carbocycles. The second-order valence-electron chi connectivity index (χ2n) is 3.94. The minimum atomic E-state index is -0.184. The van der Waals surface area contributed by atoms with E-state index in [1.807, 2.05) is 12.1 Å². The van der Waals surface area contributed by atoms with Crippen LogP contribution in [0.5, 0.6) is 0 Å². The Kier molecular flexibility index (Phi) is 3.36. The summed E-state index contributed by atoms with van der Waals surface area (Å²) in [5, 5.41) is 1.18. The van der Waals surface area contributed by atoms with Crippen molar-refractivity contribution in [2.75, 3.05) is 0 Å². The number of hydrogen-bond donors (Lipinski definition) is 0. The maximum Gasteiger partial charge on any atom is 0.123 e. The lowest BCUT2D eigenvalue weighted by Gasteiger charge is -2.12. The summed E-state index contributed by atoms with van der Waals surface area (Å²) in [5.74, 6) is 0.113. The zero-order chi connectivity index (χ0) is 11.5. The van der Waals surface area contributed by atoms with Gasteiger partial charge in [0.1, 0.15) is 5.82 Å². The molecular formula is C14H14FP. The molecule has 2 unspecified atom stereocenters. The average Bonchev–Trinajstić information content (AvgIpc) is 2.30. The van der Waals surface area contributed by atoms with Crippen LogP contribution in [0.1, 0.15) is 24.0 Å². The van der Waals surface area contributed by atoms with E-state index in [1.54, 1.807) is 0 Å². The van der Waals surface area contributed by atoms with Gasteiger partial charge in [-0.3, -0.25) is 0 Å². The van der Waals surface area contributed by atoms with Crippen molar-refractivity contribution in [1.29, 1.82) is 0 Å². The fraction of sp³-hybridized carbons (Fsp3) is 0.143. The van der Waals surface area contributed by atoms with Crippen molar-refractivity contribution in [1.82, 2.24) is 0 Å². The van der Waals surface area contributed by atoms with Crippen LogP contribution in [0.15, 0.2) is 48.5 Å². The number of benzene rings is 2. The van der Waals surface area contributed by atoms with E-state index < -0.39 is 0 Å². The summed E-state index contributed by atoms with van der Waals surface area (Å²) < 4.78 is 12.8. The molecule has 0 aliphatic heterocycles. The van der Waals surface area contributed by atoms with Gasteiger partial charge in [-0.25, -0.2) is 4.39 Å². The van der Waals surface area contributed by atoms with Crippen molar-refractivity contribution in [2.45, 2.75) is 12.8 Å². The van der Waals surface area contributed by atoms with Crippen molar-refractivity contribution in [3.05, 3.63) is 65.5 Å². The molecule has 16 heavy (non-hydrogen) atoms. The molecule has 0 spiro atoms. The lowest BCUT2D eigenvalue weighted by atomic mass is 9.93. The highest BCUT2D eigenvalue weighted by Gasteiger charge is 2.07. The minimum absolute atomic E-state index is 0.184. The van der Waals surface area contributed by atoms with Gasteiger partial charge < -0.3 is 0 Å². The van der Waals surface area contributed by atoms with Gasteiger partial charge in [-0.2, -0.15) is 0 Å². The first-order valence-electron chi connectivity index (χ1n) is 5.28. The molecule has 2 atom stereocenters. The second-order valence-corrected chi connectivity index (χ2v) is 4.61. The highest BCUT2D eigenvalue weighted by Crippen LogP contribution is 2.23. The van der Waals surface area contributed by atoms with E-state index in [9.17, 15) is 4.39 Å². The molecule has 0 aliphatic carbocycles. The van der Waals surface area contributed by atoms with E-state index in [0.717, 1.165) is 5.56 Å². The maximum atomic E-state index is 12.8. The first-order chi connectivity index (χ1) is 7.66. The van der Waals surface area contributed by atoms with Crippen LogP contribution in [0.2, 0.25) is 0 Å². The fourth-order valence-electron chi connectivity index (χ4n) is 1.73. The van der Waals surface area contributed by atoms with Crippen molar-refractivity contribution in [3.63, 3.8) is 0 Å². The molecule has 2 heteroatoms. The van der Waals surface area contributed by atoms with Crippen LogP contribution >= 0.6 is 9.24 Å². The average molecular weight is 232 g/mol. The van der Waals surface area contributed by atoms with Crippen molar-refractivity contribution in [3.8, 4) is 0 Å². The van der Waals surface area contributed by atoms with E-state index in [0.29, 0.717) is 5.92 Å². The van der Waals surface area contributed by atoms with Gasteiger partial charge in [0.25, 0.3) is 0 Å². The van der Waals surface area contributed by atoms with Crippen LogP contribution in [-0.4, -0.2) is 0 Å². The van der Waals surface area contributed by atoms with E-state index in [4.69, 9.17) is 0 Å². The molecule has 0 saturated heterocycles. The van der Waals surface area contributed by atoms with Crippen molar-refractivity contribution >= 4 is 14.5 Å². The normalized spacial score (nSPS) is 12.4. The van der Waals surface area contributed by atoms with E-state index in [1.165, 1.54) is 23.0 Å². The predicted molar refractivity (Wildman–Crippen MR) is 69.7 cm³/mol. The van der Waals surface area contributed by atoms with Crippen LogP contribution in [0, 0.1) is 5.82 Å². The molecule has 0 radical (unpaired) electrons. The zero-order valence-corrected chi connectivity index (χ0v) is 10.3. The van der Waals surface area contributed by atoms with Crippen molar-refractivity contribution < 1.29 is 4.39 Å². The highest BCUT2D eigenvalue weighted by molar-refractivity contribution is 7.27. The van der Waals surface area contributed by atoms with Crippen LogP contribution in [0.25, 0.3) is 0 Å². The van der Waals surface area contributed by atoms with Crippen LogP contribution < -0.4 is 5.30 Å². The summed E-state index contributed by atoms with van der Waals surface area (Å²) in [6, 6.07) is 15.1. The first kappa shape index (κ1) is 11.3. The molecule has 0 fully saturated rings. The van der Waals surface area contributed by atoms with Gasteiger partial charge in [0.05, 0.1) is 0 Å². The predicted octanol–water partition coefficient (Wildman–Crippen LogP) is 3.48. The smallest absolute Gasteiger partial charge is 0.123 e. The summed E-state index contributed by atoms with van der Waals surface area (Å²) in [6.45, 7) is 2.13. The Bertz CT molecular complexity index is 414. The summed E-state index contributed by atoms with van der Waals surface area (Å²) in [7, 11) is 2.67. The van der Waals surface area contributed by atoms with E-state index >= 15 is 0 Å². The summed E-state index contributed by atoms with van der Waals surface area (Å²) in [6.07, 6.45) is 0. The Morgan fingerprint density at radius 1 is 0.875 bits per heavy atom. The quantitative estimate of drug-likeness (QED) is 0.695. The van der Waals surface area contributed by atoms with Crippen LogP contribution in [0.3, 0.4) is 0 Å². The van der Waals surface area contributed by atoms with Crippen molar-refractivity contribution in [2.24, 2.45) is 0 Å². The minimum Gasteiger partial charge on any atom is -0.207 e. The van der Waals surface area contributed by atoms with Crippen LogP contribution in [0.4, 0.5) is 4.39 Å². The third kappa shape index (κ3) is 2.48. The monoisotopic (exact) mass is 232 g/mol. The molecule has 0 bridgehead atoms. The number of rotatable bonds is 2. The lowest BCUT2D eigenvalue weighted by molar-refractivity contribution is 0.626. The Hall–Kier alpha value is -1.20. The molecule has 0 N–H and O–H groups in total. The van der Waals surface area contributed by atoms with Crippen LogP contribution in [-0.2, 0) is 0 Å². The van der Waals surface area contributed by atoms with Gasteiger partial charge in [-0.05, 0) is 28.6 Å². The number of hydrogen-bond acceptors (Lipinski definition) is 0. The standard InChI is InChI=1S/C14H14FP/c1-10(11-2-6-13(15)7-3-11)12-4-8-14(16)9-5-12/h2-10H,16H2,1H3. The molecule has 82 valence electrons. The molecular weight excluding hydrogens is 218 g/mol. The third-order valence-corrected chi connectivity index (χ3v) is 3.19. The third-order valence-electron chi connectivity index (χ3n) is 2.81. The molecule has 0 nitrogen and oxygen atoms in total. The largest absolute Gasteiger partial charge is 0.207 e. The Morgan fingerprint density at radius 2 is 1.31 bits per heavy atom. The Labute approximate surface area is 97.7 Å². The maximum absolute atomic E-state index is 12.8. The van der Waals surface area contributed by atoms with E-state index in [-0.39, 0.29) is 5.82 Å². The summed E-state index contributed by atoms with van der Waals surface area (Å²) >= 11 is 0. The summed E-state index contributed by atoms with van der Waals surface area (Å²) in [4.78, 5) is 0. The molecule has 2 rings (SSSR count). The zero-order valence-electron chi connectivity index (χ0n) is 9.15. The fourth-order valence-corrected chi connectivity index (χ4v) is 1.92. The first-order valence-corrected chi connectivity index (χ1v) is 5.85. The van der Waals surface area contributed by atoms with Gasteiger partial charge in [0.15, 0.2) is 0 Å². The molecule has 0 aliphatic rings. The Morgan fingerprint density at radius 3 is 1.81 bits per heavy atom. The van der Waals surface area contributed by atoms with Gasteiger partial charge in [-0.15, -0.1) is 9.24 Å². The van der Waals surface area contributed by atoms with Gasteiger partial charge in [-0.1, -0.05) is 43.3 Å². The Balaban J connectivity index is 2.28. The molecule has 0 aromatic heterocycles. The lowest BCUT2D eigenvalue weighted by Crippen LogP contribution is -1.98. The second kappa shape index (κ2) is 4.76. The van der Waals surface area contributed by atoms with Gasteiger partial charge in [0.2, 0.25) is 0 Å². The molecule has 2 aromatic rings. The van der Waals surface area contributed by atoms with Gasteiger partial charge in [0, 0.05) is 5.92 Å². The number of halogens is 1. The summed E-state index contributed by atoms with van der Waals surface area (Å²) in [5.41, 5.74) is 2.38. The SMILES string of the molecule is CC(c1ccc(F)cc1)c1ccc(P)cc1.